The standard InChI is InChI=1S/C34H36N8O/c1-21-26(4-3-5-28(21)38-33(43)25-11-9-24(10-12-25)23-7-8-23)31-27-18-30(37-32(27)40-34(35)39-31)29-13-6-22(19-36-29)20-42-16-14-41(2)15-17-42/h3-6,9-13,18-19,23H,7-8,14-17,20H2,1-2H3,(H,38,43)(H3,35,37,39,40). The van der Waals surface area contributed by atoms with Crippen molar-refractivity contribution < 1.29 is 4.79 Å². The number of carbonyl (C=O) groups excluding carboxylic acids is 1. The molecule has 1 aliphatic heterocycles. The maximum atomic E-state index is 13.1. The van der Waals surface area contributed by atoms with E-state index in [0.717, 1.165) is 66.3 Å². The Morgan fingerprint density at radius 3 is 2.53 bits per heavy atom. The normalized spacial score (nSPS) is 16.0. The Kier molecular flexibility index (Phi) is 7.12. The van der Waals surface area contributed by atoms with Gasteiger partial charge in [0.1, 0.15) is 5.65 Å². The number of anilines is 2. The number of aromatic nitrogens is 4. The molecule has 9 heteroatoms. The summed E-state index contributed by atoms with van der Waals surface area (Å²) < 4.78 is 0. The lowest BCUT2D eigenvalue weighted by atomic mass is 10.0. The third-order valence-electron chi connectivity index (χ3n) is 8.67. The zero-order chi connectivity index (χ0) is 29.5. The second-order valence-corrected chi connectivity index (χ2v) is 11.8. The number of aromatic amines is 1. The van der Waals surface area contributed by atoms with E-state index >= 15 is 0 Å². The van der Waals surface area contributed by atoms with Gasteiger partial charge in [-0.3, -0.25) is 14.7 Å². The predicted octanol–water partition coefficient (Wildman–Crippen LogP) is 5.45. The average molecular weight is 573 g/mol. The summed E-state index contributed by atoms with van der Waals surface area (Å²) in [7, 11) is 2.17. The summed E-state index contributed by atoms with van der Waals surface area (Å²) >= 11 is 0. The van der Waals surface area contributed by atoms with Gasteiger partial charge in [0.2, 0.25) is 5.95 Å². The predicted molar refractivity (Wildman–Crippen MR) is 171 cm³/mol. The van der Waals surface area contributed by atoms with Crippen LogP contribution >= 0.6 is 0 Å². The Morgan fingerprint density at radius 2 is 1.81 bits per heavy atom. The van der Waals surface area contributed by atoms with Crippen molar-refractivity contribution in [1.29, 1.82) is 0 Å². The third kappa shape index (κ3) is 5.74. The minimum Gasteiger partial charge on any atom is -0.368 e. The number of rotatable bonds is 7. The Morgan fingerprint density at radius 1 is 1.02 bits per heavy atom. The van der Waals surface area contributed by atoms with E-state index in [2.05, 4.69) is 55.3 Å². The number of H-pyrrole nitrogens is 1. The Bertz CT molecular complexity index is 1780. The third-order valence-corrected chi connectivity index (χ3v) is 8.67. The summed E-state index contributed by atoms with van der Waals surface area (Å²) in [5, 5.41) is 3.94. The maximum absolute atomic E-state index is 13.1. The van der Waals surface area contributed by atoms with Gasteiger partial charge in [-0.25, -0.2) is 4.98 Å². The topological polar surface area (TPSA) is 116 Å². The van der Waals surface area contributed by atoms with Crippen LogP contribution in [0.2, 0.25) is 0 Å². The summed E-state index contributed by atoms with van der Waals surface area (Å²) in [5.74, 6) is 0.696. The van der Waals surface area contributed by atoms with Crippen LogP contribution in [0.1, 0.15) is 45.8 Å². The van der Waals surface area contributed by atoms with Gasteiger partial charge in [0.15, 0.2) is 0 Å². The molecule has 0 atom stereocenters. The Hall–Kier alpha value is -4.60. The van der Waals surface area contributed by atoms with Gasteiger partial charge in [-0.15, -0.1) is 0 Å². The van der Waals surface area contributed by atoms with Gasteiger partial charge in [-0.1, -0.05) is 30.3 Å². The summed E-state index contributed by atoms with van der Waals surface area (Å²) in [6.45, 7) is 7.21. The number of hydrogen-bond donors (Lipinski definition) is 3. The van der Waals surface area contributed by atoms with Crippen LogP contribution in [0.4, 0.5) is 11.6 Å². The highest BCUT2D eigenvalue weighted by atomic mass is 16.1. The van der Waals surface area contributed by atoms with Crippen molar-refractivity contribution in [1.82, 2.24) is 29.7 Å². The monoisotopic (exact) mass is 572 g/mol. The highest BCUT2D eigenvalue weighted by molar-refractivity contribution is 6.05. The summed E-state index contributed by atoms with van der Waals surface area (Å²) in [6.07, 6.45) is 4.43. The molecule has 43 heavy (non-hydrogen) atoms. The number of piperazine rings is 1. The van der Waals surface area contributed by atoms with E-state index in [1.54, 1.807) is 0 Å². The zero-order valence-corrected chi connectivity index (χ0v) is 24.6. The molecule has 4 N–H and O–H groups in total. The number of carbonyl (C=O) groups is 1. The largest absolute Gasteiger partial charge is 0.368 e. The molecule has 1 amide bonds. The van der Waals surface area contributed by atoms with Crippen LogP contribution in [0.3, 0.4) is 0 Å². The van der Waals surface area contributed by atoms with Crippen LogP contribution in [-0.2, 0) is 6.54 Å². The lowest BCUT2D eigenvalue weighted by Crippen LogP contribution is -2.43. The number of nitrogens with two attached hydrogens (primary N) is 1. The number of benzene rings is 2. The minimum atomic E-state index is -0.138. The van der Waals surface area contributed by atoms with Crippen molar-refractivity contribution in [2.75, 3.05) is 44.3 Å². The van der Waals surface area contributed by atoms with Crippen LogP contribution in [0.25, 0.3) is 33.7 Å². The number of likely N-dealkylation sites (N-methyl/N-ethyl adjacent to an activating group) is 1. The average Bonchev–Trinajstić information content (AvgIpc) is 3.78. The fourth-order valence-electron chi connectivity index (χ4n) is 5.86. The van der Waals surface area contributed by atoms with Crippen molar-refractivity contribution in [3.8, 4) is 22.6 Å². The number of nitrogens with one attached hydrogen (secondary N) is 2. The van der Waals surface area contributed by atoms with E-state index in [1.165, 1.54) is 24.0 Å². The number of nitrogens with zero attached hydrogens (tertiary/aromatic N) is 5. The Balaban J connectivity index is 1.14. The number of nitrogen functional groups attached to an aromatic ring is 1. The summed E-state index contributed by atoms with van der Waals surface area (Å²) in [5.41, 5.74) is 14.9. The van der Waals surface area contributed by atoms with Crippen LogP contribution in [-0.4, -0.2) is 68.9 Å². The van der Waals surface area contributed by atoms with E-state index < -0.39 is 0 Å². The van der Waals surface area contributed by atoms with Gasteiger partial charge in [-0.05, 0) is 79.8 Å². The van der Waals surface area contributed by atoms with Crippen LogP contribution < -0.4 is 11.1 Å². The number of fused-ring (bicyclic) bond motifs is 1. The van der Waals surface area contributed by atoms with Crippen molar-refractivity contribution in [3.05, 3.63) is 89.1 Å². The van der Waals surface area contributed by atoms with Gasteiger partial charge in [0, 0.05) is 61.1 Å². The highest BCUT2D eigenvalue weighted by Gasteiger charge is 2.23. The van der Waals surface area contributed by atoms with Crippen molar-refractivity contribution in [2.24, 2.45) is 0 Å². The first kappa shape index (κ1) is 27.2. The molecule has 0 unspecified atom stereocenters. The molecule has 1 saturated carbocycles. The summed E-state index contributed by atoms with van der Waals surface area (Å²) in [4.78, 5) is 35.2. The quantitative estimate of drug-likeness (QED) is 0.237. The van der Waals surface area contributed by atoms with Crippen LogP contribution in [0.15, 0.2) is 66.9 Å². The Labute approximate surface area is 251 Å². The van der Waals surface area contributed by atoms with Gasteiger partial charge in [-0.2, -0.15) is 4.98 Å². The fraction of sp³-hybridized carbons (Fsp3) is 0.294. The molecule has 2 aromatic carbocycles. The number of pyridine rings is 1. The van der Waals surface area contributed by atoms with E-state index in [1.807, 2.05) is 55.6 Å². The van der Waals surface area contributed by atoms with Crippen molar-refractivity contribution >= 4 is 28.6 Å². The molecule has 7 rings (SSSR count). The van der Waals surface area contributed by atoms with Gasteiger partial charge in [0.25, 0.3) is 5.91 Å². The van der Waals surface area contributed by atoms with E-state index in [9.17, 15) is 4.79 Å². The van der Waals surface area contributed by atoms with Crippen LogP contribution in [0, 0.1) is 6.92 Å². The second-order valence-electron chi connectivity index (χ2n) is 11.8. The molecule has 218 valence electrons. The molecule has 4 heterocycles. The molecule has 5 aromatic rings. The van der Waals surface area contributed by atoms with Gasteiger partial charge in [0.05, 0.1) is 17.1 Å². The van der Waals surface area contributed by atoms with Crippen molar-refractivity contribution in [3.63, 3.8) is 0 Å². The van der Waals surface area contributed by atoms with E-state index in [-0.39, 0.29) is 11.9 Å². The molecule has 9 nitrogen and oxygen atoms in total. The highest BCUT2D eigenvalue weighted by Crippen LogP contribution is 2.40. The zero-order valence-electron chi connectivity index (χ0n) is 24.6. The van der Waals surface area contributed by atoms with Crippen LogP contribution in [0.5, 0.6) is 0 Å². The molecule has 3 aromatic heterocycles. The molecule has 1 saturated heterocycles. The molecule has 2 aliphatic rings. The smallest absolute Gasteiger partial charge is 0.255 e. The van der Waals surface area contributed by atoms with E-state index in [4.69, 9.17) is 10.7 Å². The number of amides is 1. The molecule has 0 radical (unpaired) electrons. The lowest BCUT2D eigenvalue weighted by Gasteiger charge is -2.32. The first-order chi connectivity index (χ1) is 20.9. The molecule has 2 fully saturated rings. The molecule has 0 spiro atoms. The van der Waals surface area contributed by atoms with Crippen molar-refractivity contribution in [2.45, 2.75) is 32.2 Å². The first-order valence-electron chi connectivity index (χ1n) is 14.9. The lowest BCUT2D eigenvalue weighted by molar-refractivity contribution is 0.102. The second kappa shape index (κ2) is 11.2. The van der Waals surface area contributed by atoms with Gasteiger partial charge < -0.3 is 20.9 Å². The van der Waals surface area contributed by atoms with E-state index in [0.29, 0.717) is 22.8 Å². The molecular formula is C34H36N8O. The number of hydrogen-bond acceptors (Lipinski definition) is 7. The summed E-state index contributed by atoms with van der Waals surface area (Å²) in [6, 6.07) is 20.0. The molecule has 1 aliphatic carbocycles. The molecule has 0 bridgehead atoms. The maximum Gasteiger partial charge on any atom is 0.255 e. The van der Waals surface area contributed by atoms with Gasteiger partial charge >= 0.3 is 0 Å². The fourth-order valence-corrected chi connectivity index (χ4v) is 5.86. The SMILES string of the molecule is Cc1c(NC(=O)c2ccc(C3CC3)cc2)cccc1-c1nc(N)nc2[nH]c(-c3ccc(CN4CCN(C)CC4)cn3)cc12. The molecular weight excluding hydrogens is 536 g/mol. The first-order valence-corrected chi connectivity index (χ1v) is 14.9. The minimum absolute atomic E-state index is 0.138.